The van der Waals surface area contributed by atoms with Crippen LogP contribution in [0.25, 0.3) is 33.1 Å². The van der Waals surface area contributed by atoms with E-state index in [9.17, 15) is 0 Å². The molecule has 0 fully saturated rings. The van der Waals surface area contributed by atoms with E-state index in [1.807, 2.05) is 49.4 Å². The molecule has 2 aromatic heterocycles. The van der Waals surface area contributed by atoms with Gasteiger partial charge in [0, 0.05) is 10.9 Å². The zero-order valence-corrected chi connectivity index (χ0v) is 15.4. The molecule has 0 saturated heterocycles. The number of rotatable bonds is 3. The quantitative estimate of drug-likeness (QED) is 0.464. The third-order valence-corrected chi connectivity index (χ3v) is 5.01. The number of benzene rings is 3. The molecule has 0 aliphatic carbocycles. The summed E-state index contributed by atoms with van der Waals surface area (Å²) in [6.07, 6.45) is 0. The van der Waals surface area contributed by atoms with Crippen LogP contribution in [-0.2, 0) is 0 Å². The zero-order valence-electron chi connectivity index (χ0n) is 14.5. The van der Waals surface area contributed by atoms with E-state index in [-0.39, 0.29) is 0 Å². The van der Waals surface area contributed by atoms with Crippen molar-refractivity contribution in [2.45, 2.75) is 6.92 Å². The van der Waals surface area contributed by atoms with Crippen LogP contribution in [0.5, 0.6) is 0 Å². The van der Waals surface area contributed by atoms with Gasteiger partial charge in [0.15, 0.2) is 5.82 Å². The molecule has 0 amide bonds. The molecule has 6 heteroatoms. The second-order valence-corrected chi connectivity index (χ2v) is 7.16. The van der Waals surface area contributed by atoms with E-state index in [0.29, 0.717) is 17.6 Å². The van der Waals surface area contributed by atoms with E-state index < -0.39 is 0 Å². The highest BCUT2D eigenvalue weighted by Crippen LogP contribution is 2.30. The van der Waals surface area contributed by atoms with Crippen LogP contribution in [0.4, 0.5) is 11.8 Å². The van der Waals surface area contributed by atoms with Crippen molar-refractivity contribution in [1.29, 1.82) is 0 Å². The Morgan fingerprint density at radius 1 is 0.778 bits per heavy atom. The fourth-order valence-corrected chi connectivity index (χ4v) is 3.60. The summed E-state index contributed by atoms with van der Waals surface area (Å²) in [6.45, 7) is 1.93. The molecule has 0 atom stereocenters. The molecule has 5 rings (SSSR count). The van der Waals surface area contributed by atoms with E-state index in [4.69, 9.17) is 9.97 Å². The molecule has 2 heterocycles. The van der Waals surface area contributed by atoms with Crippen LogP contribution in [0.15, 0.2) is 66.7 Å². The molecule has 5 nitrogen and oxygen atoms in total. The van der Waals surface area contributed by atoms with Gasteiger partial charge in [0.2, 0.25) is 5.95 Å². The third-order valence-electron chi connectivity index (χ3n) is 4.39. The molecular formula is C21H15N5S. The molecular weight excluding hydrogens is 354 g/mol. The average Bonchev–Trinajstić information content (AvgIpc) is 3.12. The Hall–Kier alpha value is -3.38. The Morgan fingerprint density at radius 3 is 2.41 bits per heavy atom. The maximum Gasteiger partial charge on any atom is 0.240 e. The number of para-hydroxylation sites is 1. The lowest BCUT2D eigenvalue weighted by Gasteiger charge is -2.10. The topological polar surface area (TPSA) is 63.6 Å². The highest BCUT2D eigenvalue weighted by atomic mass is 32.1. The van der Waals surface area contributed by atoms with E-state index in [2.05, 4.69) is 38.9 Å². The van der Waals surface area contributed by atoms with Crippen molar-refractivity contribution >= 4 is 45.0 Å². The first kappa shape index (κ1) is 15.8. The lowest BCUT2D eigenvalue weighted by atomic mass is 10.0. The largest absolute Gasteiger partial charge is 0.307 e. The van der Waals surface area contributed by atoms with Gasteiger partial charge in [0.05, 0.1) is 5.52 Å². The van der Waals surface area contributed by atoms with Crippen molar-refractivity contribution in [3.05, 3.63) is 71.7 Å². The molecule has 27 heavy (non-hydrogen) atoms. The van der Waals surface area contributed by atoms with Crippen molar-refractivity contribution in [1.82, 2.24) is 19.3 Å². The average molecular weight is 369 g/mol. The smallest absolute Gasteiger partial charge is 0.240 e. The van der Waals surface area contributed by atoms with Gasteiger partial charge < -0.3 is 5.32 Å². The van der Waals surface area contributed by atoms with Crippen LogP contribution in [-0.4, -0.2) is 19.3 Å². The molecule has 3 aromatic carbocycles. The van der Waals surface area contributed by atoms with Gasteiger partial charge in [0.25, 0.3) is 0 Å². The second kappa shape index (κ2) is 6.41. The van der Waals surface area contributed by atoms with E-state index >= 15 is 0 Å². The monoisotopic (exact) mass is 369 g/mol. The van der Waals surface area contributed by atoms with E-state index in [1.165, 1.54) is 11.5 Å². The van der Waals surface area contributed by atoms with Crippen molar-refractivity contribution in [3.63, 3.8) is 0 Å². The Bertz CT molecular complexity index is 1270. The Kier molecular flexibility index (Phi) is 3.76. The second-order valence-electron chi connectivity index (χ2n) is 6.20. The number of anilines is 2. The van der Waals surface area contributed by atoms with Gasteiger partial charge in [-0.1, -0.05) is 54.6 Å². The third kappa shape index (κ3) is 2.90. The van der Waals surface area contributed by atoms with E-state index in [1.54, 1.807) is 0 Å². The molecule has 0 aliphatic heterocycles. The van der Waals surface area contributed by atoms with Crippen LogP contribution < -0.4 is 5.32 Å². The molecule has 130 valence electrons. The lowest BCUT2D eigenvalue weighted by Crippen LogP contribution is -2.00. The molecule has 0 unspecified atom stereocenters. The first-order chi connectivity index (χ1) is 13.3. The minimum Gasteiger partial charge on any atom is -0.307 e. The molecule has 0 saturated carbocycles. The number of hydrogen-bond donors (Lipinski definition) is 1. The summed E-state index contributed by atoms with van der Waals surface area (Å²) < 4.78 is 4.33. The Balaban J connectivity index is 1.73. The van der Waals surface area contributed by atoms with Crippen molar-refractivity contribution < 1.29 is 0 Å². The van der Waals surface area contributed by atoms with Gasteiger partial charge in [0.1, 0.15) is 10.8 Å². The van der Waals surface area contributed by atoms with Gasteiger partial charge in [-0.05, 0) is 41.4 Å². The van der Waals surface area contributed by atoms with Gasteiger partial charge in [-0.25, -0.2) is 15.0 Å². The maximum atomic E-state index is 4.83. The first-order valence-electron chi connectivity index (χ1n) is 8.60. The summed E-state index contributed by atoms with van der Waals surface area (Å²) in [4.78, 5) is 14.0. The van der Waals surface area contributed by atoms with Crippen molar-refractivity contribution in [2.75, 3.05) is 5.32 Å². The maximum absolute atomic E-state index is 4.83. The SMILES string of the molecule is Cc1nc(Nc2nc(-c3cccc4ccccc34)nc3ccccc23)ns1. The van der Waals surface area contributed by atoms with Crippen LogP contribution in [0, 0.1) is 6.92 Å². The fraction of sp³-hybridized carbons (Fsp3) is 0.0476. The predicted octanol–water partition coefficient (Wildman–Crippen LogP) is 5.35. The summed E-state index contributed by atoms with van der Waals surface area (Å²) in [6, 6.07) is 22.4. The van der Waals surface area contributed by atoms with E-state index in [0.717, 1.165) is 32.2 Å². The number of aryl methyl sites for hydroxylation is 1. The minimum atomic E-state index is 0.560. The normalized spacial score (nSPS) is 11.1. The highest BCUT2D eigenvalue weighted by molar-refractivity contribution is 7.05. The first-order valence-corrected chi connectivity index (χ1v) is 9.37. The van der Waals surface area contributed by atoms with Crippen LogP contribution >= 0.6 is 11.5 Å². The van der Waals surface area contributed by atoms with Crippen molar-refractivity contribution in [2.24, 2.45) is 0 Å². The van der Waals surface area contributed by atoms with Crippen molar-refractivity contribution in [3.8, 4) is 11.4 Å². The summed E-state index contributed by atoms with van der Waals surface area (Å²) in [5.41, 5.74) is 1.88. The van der Waals surface area contributed by atoms with Crippen LogP contribution in [0.1, 0.15) is 5.01 Å². The number of nitrogens with one attached hydrogen (secondary N) is 1. The fourth-order valence-electron chi connectivity index (χ4n) is 3.17. The minimum absolute atomic E-state index is 0.560. The zero-order chi connectivity index (χ0) is 18.2. The molecule has 0 bridgehead atoms. The predicted molar refractivity (Wildman–Crippen MR) is 110 cm³/mol. The van der Waals surface area contributed by atoms with Crippen LogP contribution in [0.3, 0.4) is 0 Å². The Morgan fingerprint density at radius 2 is 1.56 bits per heavy atom. The highest BCUT2D eigenvalue weighted by Gasteiger charge is 2.13. The van der Waals surface area contributed by atoms with Gasteiger partial charge in [-0.2, -0.15) is 4.37 Å². The molecule has 1 N–H and O–H groups in total. The van der Waals surface area contributed by atoms with Crippen LogP contribution in [0.2, 0.25) is 0 Å². The van der Waals surface area contributed by atoms with Gasteiger partial charge >= 0.3 is 0 Å². The summed E-state index contributed by atoms with van der Waals surface area (Å²) in [5, 5.41) is 7.40. The standard InChI is InChI=1S/C21H15N5S/c1-13-22-21(26-27-13)25-20-17-10-4-5-12-18(17)23-19(24-20)16-11-6-8-14-7-2-3-9-15(14)16/h2-12H,1H3,(H,23,24,25,26). The summed E-state index contributed by atoms with van der Waals surface area (Å²) in [7, 11) is 0. The molecule has 0 spiro atoms. The number of hydrogen-bond acceptors (Lipinski definition) is 6. The number of fused-ring (bicyclic) bond motifs is 2. The molecule has 0 aliphatic rings. The summed E-state index contributed by atoms with van der Waals surface area (Å²) >= 11 is 1.36. The van der Waals surface area contributed by atoms with Gasteiger partial charge in [-0.15, -0.1) is 0 Å². The molecule has 5 aromatic rings. The lowest BCUT2D eigenvalue weighted by molar-refractivity contribution is 1.19. The number of nitrogens with zero attached hydrogens (tertiary/aromatic N) is 4. The van der Waals surface area contributed by atoms with Gasteiger partial charge in [-0.3, -0.25) is 0 Å². The number of aromatic nitrogens is 4. The molecule has 0 radical (unpaired) electrons. The summed E-state index contributed by atoms with van der Waals surface area (Å²) in [5.74, 6) is 1.95. The Labute approximate surface area is 159 Å².